The van der Waals surface area contributed by atoms with Crippen molar-refractivity contribution in [2.45, 2.75) is 57.7 Å². The topological polar surface area (TPSA) is 49.4 Å². The molecule has 2 N–H and O–H groups in total. The minimum atomic E-state index is 0. The van der Waals surface area contributed by atoms with Crippen molar-refractivity contribution in [2.75, 3.05) is 37.7 Å². The smallest absolute Gasteiger partial charge is 0.128 e. The van der Waals surface area contributed by atoms with Crippen molar-refractivity contribution in [3.63, 3.8) is 0 Å². The zero-order valence-electron chi connectivity index (χ0n) is 16.5. The zero-order chi connectivity index (χ0) is 17.8. The number of morpholine rings is 1. The number of pyridine rings is 1. The Bertz CT molecular complexity index is 556. The molecule has 3 unspecified atom stereocenters. The molecule has 5 nitrogen and oxygen atoms in total. The Hall–Kier alpha value is -0.880. The minimum absolute atomic E-state index is 0. The van der Waals surface area contributed by atoms with Gasteiger partial charge in [-0.3, -0.25) is 0 Å². The van der Waals surface area contributed by atoms with Crippen LogP contribution in [0.4, 0.5) is 5.82 Å². The average molecular weight is 395 g/mol. The standard InChI is InChI=1S/C21H34N4O.ClH/c1-16-7-10-25(11-8-16)21-6-5-17(14-24-21)13-23-19-4-2-3-18(19)20-15-26-12-9-22-20;/h5-6,14,16,18-20,22-23H,2-4,7-13,15H2,1H3;1H. The molecular formula is C21H35ClN4O. The first kappa shape index (κ1) is 20.8. The van der Waals surface area contributed by atoms with Crippen molar-refractivity contribution in [1.82, 2.24) is 15.6 Å². The molecule has 1 aliphatic carbocycles. The van der Waals surface area contributed by atoms with E-state index in [1.165, 1.54) is 37.7 Å². The molecule has 0 bridgehead atoms. The number of rotatable bonds is 5. The van der Waals surface area contributed by atoms with Crippen LogP contribution in [0, 0.1) is 11.8 Å². The number of hydrogen-bond acceptors (Lipinski definition) is 5. The highest BCUT2D eigenvalue weighted by Crippen LogP contribution is 2.30. The quantitative estimate of drug-likeness (QED) is 0.804. The van der Waals surface area contributed by atoms with Crippen LogP contribution < -0.4 is 15.5 Å². The van der Waals surface area contributed by atoms with Gasteiger partial charge >= 0.3 is 0 Å². The summed E-state index contributed by atoms with van der Waals surface area (Å²) < 4.78 is 5.68. The van der Waals surface area contributed by atoms with Crippen LogP contribution in [-0.2, 0) is 11.3 Å². The van der Waals surface area contributed by atoms with Crippen molar-refractivity contribution < 1.29 is 4.74 Å². The van der Waals surface area contributed by atoms with Crippen LogP contribution in [0.25, 0.3) is 0 Å². The van der Waals surface area contributed by atoms with Crippen LogP contribution in [0.5, 0.6) is 0 Å². The maximum Gasteiger partial charge on any atom is 0.128 e. The Morgan fingerprint density at radius 2 is 2.07 bits per heavy atom. The number of nitrogens with zero attached hydrogens (tertiary/aromatic N) is 2. The lowest BCUT2D eigenvalue weighted by molar-refractivity contribution is 0.0524. The van der Waals surface area contributed by atoms with Crippen LogP contribution >= 0.6 is 12.4 Å². The Kier molecular flexibility index (Phi) is 7.76. The summed E-state index contributed by atoms with van der Waals surface area (Å²) in [7, 11) is 0. The maximum absolute atomic E-state index is 5.68. The highest BCUT2D eigenvalue weighted by atomic mass is 35.5. The number of piperidine rings is 1. The monoisotopic (exact) mass is 394 g/mol. The first-order valence-corrected chi connectivity index (χ1v) is 10.5. The molecule has 2 aliphatic heterocycles. The molecule has 0 aromatic carbocycles. The first-order chi connectivity index (χ1) is 12.8. The van der Waals surface area contributed by atoms with Gasteiger partial charge in [0.25, 0.3) is 0 Å². The van der Waals surface area contributed by atoms with E-state index in [-0.39, 0.29) is 12.4 Å². The lowest BCUT2D eigenvalue weighted by Crippen LogP contribution is -2.50. The Balaban J connectivity index is 0.00000210. The summed E-state index contributed by atoms with van der Waals surface area (Å²) in [6, 6.07) is 5.57. The predicted molar refractivity (Wildman–Crippen MR) is 113 cm³/mol. The van der Waals surface area contributed by atoms with Gasteiger partial charge in [-0.25, -0.2) is 4.98 Å². The van der Waals surface area contributed by atoms with E-state index in [1.807, 2.05) is 0 Å². The highest BCUT2D eigenvalue weighted by Gasteiger charge is 2.34. The van der Waals surface area contributed by atoms with Crippen LogP contribution in [0.15, 0.2) is 18.3 Å². The highest BCUT2D eigenvalue weighted by molar-refractivity contribution is 5.85. The third-order valence-electron chi connectivity index (χ3n) is 6.52. The van der Waals surface area contributed by atoms with E-state index < -0.39 is 0 Å². The van der Waals surface area contributed by atoms with Gasteiger partial charge in [-0.05, 0) is 49.1 Å². The van der Waals surface area contributed by atoms with E-state index in [0.717, 1.165) is 51.1 Å². The summed E-state index contributed by atoms with van der Waals surface area (Å²) in [6.45, 7) is 8.28. The lowest BCUT2D eigenvalue weighted by Gasteiger charge is -2.33. The fourth-order valence-corrected chi connectivity index (χ4v) is 4.78. The molecular weight excluding hydrogens is 360 g/mol. The van der Waals surface area contributed by atoms with E-state index in [1.54, 1.807) is 0 Å². The maximum atomic E-state index is 5.68. The number of nitrogens with one attached hydrogen (secondary N) is 2. The van der Waals surface area contributed by atoms with Gasteiger partial charge in [-0.15, -0.1) is 12.4 Å². The third-order valence-corrected chi connectivity index (χ3v) is 6.52. The molecule has 3 atom stereocenters. The Labute approximate surface area is 170 Å². The second-order valence-electron chi connectivity index (χ2n) is 8.41. The Morgan fingerprint density at radius 3 is 2.78 bits per heavy atom. The molecule has 27 heavy (non-hydrogen) atoms. The van der Waals surface area contributed by atoms with Crippen LogP contribution in [0.2, 0.25) is 0 Å². The van der Waals surface area contributed by atoms with Gasteiger partial charge in [-0.2, -0.15) is 0 Å². The van der Waals surface area contributed by atoms with Crippen LogP contribution in [0.1, 0.15) is 44.6 Å². The van der Waals surface area contributed by atoms with Crippen molar-refractivity contribution in [2.24, 2.45) is 11.8 Å². The molecule has 0 spiro atoms. The largest absolute Gasteiger partial charge is 0.379 e. The van der Waals surface area contributed by atoms with Crippen LogP contribution in [-0.4, -0.2) is 49.9 Å². The van der Waals surface area contributed by atoms with E-state index >= 15 is 0 Å². The summed E-state index contributed by atoms with van der Waals surface area (Å²) in [5, 5.41) is 7.45. The van der Waals surface area contributed by atoms with Gasteiger partial charge in [0.15, 0.2) is 0 Å². The molecule has 152 valence electrons. The van der Waals surface area contributed by atoms with Crippen molar-refractivity contribution in [1.29, 1.82) is 0 Å². The predicted octanol–water partition coefficient (Wildman–Crippen LogP) is 2.99. The molecule has 0 radical (unpaired) electrons. The molecule has 3 heterocycles. The average Bonchev–Trinajstić information content (AvgIpc) is 3.17. The Morgan fingerprint density at radius 1 is 1.22 bits per heavy atom. The first-order valence-electron chi connectivity index (χ1n) is 10.5. The fraction of sp³-hybridized carbons (Fsp3) is 0.762. The SMILES string of the molecule is CC1CCN(c2ccc(CNC3CCCC3C3COCCN3)cn2)CC1.Cl. The molecule has 3 fully saturated rings. The molecule has 1 saturated carbocycles. The molecule has 4 rings (SSSR count). The van der Waals surface area contributed by atoms with E-state index in [0.29, 0.717) is 18.0 Å². The molecule has 3 aliphatic rings. The molecule has 2 saturated heterocycles. The second-order valence-corrected chi connectivity index (χ2v) is 8.41. The number of aromatic nitrogens is 1. The molecule has 1 aromatic heterocycles. The molecule has 1 aromatic rings. The van der Waals surface area contributed by atoms with Gasteiger partial charge in [0.2, 0.25) is 0 Å². The molecule has 6 heteroatoms. The number of anilines is 1. The summed E-state index contributed by atoms with van der Waals surface area (Å²) in [5.74, 6) is 2.69. The van der Waals surface area contributed by atoms with Crippen LogP contribution in [0.3, 0.4) is 0 Å². The number of ether oxygens (including phenoxy) is 1. The second kappa shape index (κ2) is 10.1. The van der Waals surface area contributed by atoms with Crippen molar-refractivity contribution >= 4 is 18.2 Å². The van der Waals surface area contributed by atoms with Crippen molar-refractivity contribution in [3.8, 4) is 0 Å². The van der Waals surface area contributed by atoms with E-state index in [9.17, 15) is 0 Å². The van der Waals surface area contributed by atoms with Gasteiger partial charge in [0.1, 0.15) is 5.82 Å². The van der Waals surface area contributed by atoms with Gasteiger partial charge in [0.05, 0.1) is 13.2 Å². The molecule has 0 amide bonds. The third kappa shape index (κ3) is 5.35. The minimum Gasteiger partial charge on any atom is -0.379 e. The number of hydrogen-bond donors (Lipinski definition) is 2. The van der Waals surface area contributed by atoms with E-state index in [4.69, 9.17) is 9.72 Å². The van der Waals surface area contributed by atoms with Gasteiger partial charge in [0, 0.05) is 44.5 Å². The zero-order valence-corrected chi connectivity index (χ0v) is 17.3. The summed E-state index contributed by atoms with van der Waals surface area (Å²) >= 11 is 0. The van der Waals surface area contributed by atoms with Gasteiger partial charge < -0.3 is 20.3 Å². The van der Waals surface area contributed by atoms with E-state index in [2.05, 4.69) is 40.8 Å². The lowest BCUT2D eigenvalue weighted by atomic mass is 9.94. The van der Waals surface area contributed by atoms with Gasteiger partial charge in [-0.1, -0.05) is 19.4 Å². The summed E-state index contributed by atoms with van der Waals surface area (Å²) in [5.41, 5.74) is 1.29. The van der Waals surface area contributed by atoms with Crippen molar-refractivity contribution in [3.05, 3.63) is 23.9 Å². The number of halogens is 1. The summed E-state index contributed by atoms with van der Waals surface area (Å²) in [4.78, 5) is 7.16. The fourth-order valence-electron chi connectivity index (χ4n) is 4.78. The normalized spacial score (nSPS) is 29.5. The summed E-state index contributed by atoms with van der Waals surface area (Å²) in [6.07, 6.45) is 8.54.